The third-order valence-corrected chi connectivity index (χ3v) is 5.65. The highest BCUT2D eigenvalue weighted by Crippen LogP contribution is 2.23. The van der Waals surface area contributed by atoms with E-state index in [1.54, 1.807) is 49.4 Å². The van der Waals surface area contributed by atoms with Crippen LogP contribution in [0.1, 0.15) is 44.5 Å². The Kier molecular flexibility index (Phi) is 5.74. The van der Waals surface area contributed by atoms with Crippen LogP contribution in [0, 0.1) is 0 Å². The van der Waals surface area contributed by atoms with Crippen LogP contribution in [0.15, 0.2) is 47.3 Å². The fraction of sp³-hybridized carbons (Fsp3) is 0.318. The Morgan fingerprint density at radius 1 is 1.23 bits per heavy atom. The number of halogens is 1. The van der Waals surface area contributed by atoms with Gasteiger partial charge in [0.05, 0.1) is 27.7 Å². The summed E-state index contributed by atoms with van der Waals surface area (Å²) < 4.78 is 1.46. The molecule has 0 bridgehead atoms. The van der Waals surface area contributed by atoms with Gasteiger partial charge in [-0.1, -0.05) is 36.6 Å². The fourth-order valence-electron chi connectivity index (χ4n) is 3.91. The molecule has 1 aliphatic rings. The van der Waals surface area contributed by atoms with Crippen LogP contribution in [-0.2, 0) is 0 Å². The summed E-state index contributed by atoms with van der Waals surface area (Å²) in [4.78, 5) is 30.2. The van der Waals surface area contributed by atoms with E-state index in [0.717, 1.165) is 25.7 Å². The van der Waals surface area contributed by atoms with E-state index in [4.69, 9.17) is 17.3 Å². The minimum atomic E-state index is -0.483. The van der Waals surface area contributed by atoms with Crippen molar-refractivity contribution in [1.29, 1.82) is 0 Å². The molecule has 8 heteroatoms. The lowest BCUT2D eigenvalue weighted by Gasteiger charge is -2.17. The van der Waals surface area contributed by atoms with Crippen molar-refractivity contribution in [3.63, 3.8) is 0 Å². The highest BCUT2D eigenvalue weighted by Gasteiger charge is 2.19. The van der Waals surface area contributed by atoms with Gasteiger partial charge in [0.2, 0.25) is 0 Å². The number of urea groups is 1. The summed E-state index contributed by atoms with van der Waals surface area (Å²) in [5, 5.41) is 6.51. The molecular weight excluding hydrogens is 402 g/mol. The molecule has 4 rings (SSSR count). The molecule has 1 atom stereocenters. The van der Waals surface area contributed by atoms with Crippen molar-refractivity contribution in [2.45, 2.75) is 44.7 Å². The molecule has 2 amide bonds. The molecule has 30 heavy (non-hydrogen) atoms. The SMILES string of the molecule is CC(N)c1nc2cccc(Cl)c2c(=O)n1-c1cccc(NC(=O)NC2CCCC2)c1. The molecule has 156 valence electrons. The van der Waals surface area contributed by atoms with Gasteiger partial charge in [-0.15, -0.1) is 0 Å². The number of anilines is 1. The molecule has 0 radical (unpaired) electrons. The quantitative estimate of drug-likeness (QED) is 0.585. The second-order valence-electron chi connectivity index (χ2n) is 7.66. The Morgan fingerprint density at radius 3 is 2.70 bits per heavy atom. The second-order valence-corrected chi connectivity index (χ2v) is 8.07. The van der Waals surface area contributed by atoms with Crippen molar-refractivity contribution in [3.8, 4) is 5.69 Å². The number of carbonyl (C=O) groups excluding carboxylic acids is 1. The predicted molar refractivity (Wildman–Crippen MR) is 119 cm³/mol. The maximum atomic E-state index is 13.3. The zero-order valence-corrected chi connectivity index (χ0v) is 17.4. The molecule has 1 aliphatic carbocycles. The summed E-state index contributed by atoms with van der Waals surface area (Å²) in [6.45, 7) is 1.77. The minimum absolute atomic E-state index is 0.215. The third-order valence-electron chi connectivity index (χ3n) is 5.33. The highest BCUT2D eigenvalue weighted by molar-refractivity contribution is 6.35. The Balaban J connectivity index is 1.73. The van der Waals surface area contributed by atoms with Gasteiger partial charge in [0.15, 0.2) is 0 Å². The number of fused-ring (bicyclic) bond motifs is 1. The number of hydrogen-bond acceptors (Lipinski definition) is 4. The van der Waals surface area contributed by atoms with E-state index in [2.05, 4.69) is 15.6 Å². The zero-order chi connectivity index (χ0) is 21.3. The first kappa shape index (κ1) is 20.4. The van der Waals surface area contributed by atoms with Crippen LogP contribution in [0.2, 0.25) is 5.02 Å². The Bertz CT molecular complexity index is 1150. The van der Waals surface area contributed by atoms with Gasteiger partial charge in [-0.05, 0) is 50.1 Å². The number of nitrogens with zero attached hydrogens (tertiary/aromatic N) is 2. The predicted octanol–water partition coefficient (Wildman–Crippen LogP) is 4.12. The summed E-state index contributed by atoms with van der Waals surface area (Å²) in [5.74, 6) is 0.419. The normalized spacial score (nSPS) is 15.3. The first-order valence-electron chi connectivity index (χ1n) is 10.1. The lowest BCUT2D eigenvalue weighted by Crippen LogP contribution is -2.36. The van der Waals surface area contributed by atoms with Crippen molar-refractivity contribution in [1.82, 2.24) is 14.9 Å². The lowest BCUT2D eigenvalue weighted by molar-refractivity contribution is 0.248. The van der Waals surface area contributed by atoms with Gasteiger partial charge in [0.25, 0.3) is 5.56 Å². The Morgan fingerprint density at radius 2 is 1.97 bits per heavy atom. The number of rotatable bonds is 4. The van der Waals surface area contributed by atoms with E-state index in [1.807, 2.05) is 0 Å². The first-order chi connectivity index (χ1) is 14.4. The number of benzene rings is 2. The highest BCUT2D eigenvalue weighted by atomic mass is 35.5. The third kappa shape index (κ3) is 4.04. The van der Waals surface area contributed by atoms with Gasteiger partial charge in [-0.2, -0.15) is 0 Å². The minimum Gasteiger partial charge on any atom is -0.335 e. The average molecular weight is 426 g/mol. The molecule has 0 aliphatic heterocycles. The number of carbonyl (C=O) groups is 1. The second kappa shape index (κ2) is 8.45. The monoisotopic (exact) mass is 425 g/mol. The van der Waals surface area contributed by atoms with E-state index in [9.17, 15) is 9.59 Å². The van der Waals surface area contributed by atoms with E-state index < -0.39 is 6.04 Å². The van der Waals surface area contributed by atoms with Gasteiger partial charge in [0.1, 0.15) is 5.82 Å². The van der Waals surface area contributed by atoms with Crippen LogP contribution in [0.5, 0.6) is 0 Å². The summed E-state index contributed by atoms with van der Waals surface area (Å²) in [6.07, 6.45) is 4.29. The molecule has 3 aromatic rings. The first-order valence-corrected chi connectivity index (χ1v) is 10.5. The Hall–Kier alpha value is -2.90. The molecule has 2 aromatic carbocycles. The van der Waals surface area contributed by atoms with Crippen molar-refractivity contribution in [2.75, 3.05) is 5.32 Å². The van der Waals surface area contributed by atoms with Crippen molar-refractivity contribution in [2.24, 2.45) is 5.73 Å². The topological polar surface area (TPSA) is 102 Å². The molecule has 0 spiro atoms. The lowest BCUT2D eigenvalue weighted by atomic mass is 10.2. The van der Waals surface area contributed by atoms with E-state index in [1.165, 1.54) is 4.57 Å². The molecule has 1 aromatic heterocycles. The summed E-state index contributed by atoms with van der Waals surface area (Å²) in [7, 11) is 0. The van der Waals surface area contributed by atoms with Gasteiger partial charge in [-0.3, -0.25) is 9.36 Å². The molecule has 1 saturated carbocycles. The van der Waals surface area contributed by atoms with Crippen molar-refractivity contribution in [3.05, 3.63) is 63.7 Å². The van der Waals surface area contributed by atoms with Crippen molar-refractivity contribution < 1.29 is 4.79 Å². The van der Waals surface area contributed by atoms with Gasteiger partial charge >= 0.3 is 6.03 Å². The largest absolute Gasteiger partial charge is 0.335 e. The number of nitrogens with one attached hydrogen (secondary N) is 2. The van der Waals surface area contributed by atoms with Crippen LogP contribution < -0.4 is 21.9 Å². The van der Waals surface area contributed by atoms with Gasteiger partial charge in [0, 0.05) is 11.7 Å². The fourth-order valence-corrected chi connectivity index (χ4v) is 4.16. The standard InChI is InChI=1S/C22H24ClN5O2/c1-13(24)20-27-18-11-5-10-17(23)19(18)21(29)28(20)16-9-4-8-15(12-16)26-22(30)25-14-6-2-3-7-14/h4-5,8-14H,2-3,6-7,24H2,1H3,(H2,25,26,30). The molecule has 1 heterocycles. The maximum absolute atomic E-state index is 13.3. The number of hydrogen-bond donors (Lipinski definition) is 3. The molecule has 1 fully saturated rings. The zero-order valence-electron chi connectivity index (χ0n) is 16.7. The van der Waals surface area contributed by atoms with Crippen LogP contribution in [-0.4, -0.2) is 21.6 Å². The Labute approximate surface area is 179 Å². The molecule has 7 nitrogen and oxygen atoms in total. The van der Waals surface area contributed by atoms with Crippen LogP contribution in [0.4, 0.5) is 10.5 Å². The number of amides is 2. The molecule has 0 saturated heterocycles. The summed E-state index contributed by atoms with van der Waals surface area (Å²) in [5.41, 5.74) is 7.46. The molecule has 1 unspecified atom stereocenters. The van der Waals surface area contributed by atoms with Crippen LogP contribution >= 0.6 is 11.6 Å². The van der Waals surface area contributed by atoms with Gasteiger partial charge < -0.3 is 16.4 Å². The number of aromatic nitrogens is 2. The average Bonchev–Trinajstić information content (AvgIpc) is 3.20. The van der Waals surface area contributed by atoms with Gasteiger partial charge in [-0.25, -0.2) is 9.78 Å². The number of nitrogens with two attached hydrogens (primary N) is 1. The van der Waals surface area contributed by atoms with E-state index in [-0.39, 0.29) is 17.6 Å². The molecular formula is C22H24ClN5O2. The summed E-state index contributed by atoms with van der Waals surface area (Å²) in [6, 6.07) is 11.7. The van der Waals surface area contributed by atoms with Crippen molar-refractivity contribution >= 4 is 34.2 Å². The van der Waals surface area contributed by atoms with E-state index >= 15 is 0 Å². The van der Waals surface area contributed by atoms with Crippen LogP contribution in [0.25, 0.3) is 16.6 Å². The smallest absolute Gasteiger partial charge is 0.319 e. The molecule has 4 N–H and O–H groups in total. The van der Waals surface area contributed by atoms with Crippen LogP contribution in [0.3, 0.4) is 0 Å². The maximum Gasteiger partial charge on any atom is 0.319 e. The van der Waals surface area contributed by atoms with E-state index in [0.29, 0.717) is 33.1 Å². The summed E-state index contributed by atoms with van der Waals surface area (Å²) >= 11 is 6.28.